The topological polar surface area (TPSA) is 3.24 Å². The summed E-state index contributed by atoms with van der Waals surface area (Å²) >= 11 is 7.35. The molecule has 74 valence electrons. The summed E-state index contributed by atoms with van der Waals surface area (Å²) in [4.78, 5) is 3.67. The molecule has 0 saturated heterocycles. The number of hydrogen-bond acceptors (Lipinski definition) is 3. The maximum atomic E-state index is 3.53. The number of thioether (sulfide) groups is 1. The van der Waals surface area contributed by atoms with Crippen molar-refractivity contribution in [2.24, 2.45) is 0 Å². The van der Waals surface area contributed by atoms with Crippen LogP contribution in [0.15, 0.2) is 15.9 Å². The molecular formula is C9H14BrNS2. The fourth-order valence-electron chi connectivity index (χ4n) is 0.840. The molecule has 0 fully saturated rings. The Labute approximate surface area is 96.6 Å². The van der Waals surface area contributed by atoms with Gasteiger partial charge in [-0.1, -0.05) is 0 Å². The van der Waals surface area contributed by atoms with Crippen LogP contribution in [-0.4, -0.2) is 31.3 Å². The molecular weight excluding hydrogens is 266 g/mol. The largest absolute Gasteiger partial charge is 0.309 e. The molecule has 0 radical (unpaired) electrons. The maximum Gasteiger partial charge on any atom is 0.0322 e. The second-order valence-electron chi connectivity index (χ2n) is 3.05. The first kappa shape index (κ1) is 11.6. The van der Waals surface area contributed by atoms with Crippen LogP contribution < -0.4 is 0 Å². The molecule has 0 aliphatic carbocycles. The summed E-state index contributed by atoms with van der Waals surface area (Å²) in [5.41, 5.74) is 0. The zero-order valence-corrected chi connectivity index (χ0v) is 11.1. The number of rotatable bonds is 5. The Hall–Kier alpha value is 0.490. The van der Waals surface area contributed by atoms with Gasteiger partial charge in [-0.05, 0) is 41.5 Å². The van der Waals surface area contributed by atoms with E-state index in [0.717, 1.165) is 12.3 Å². The number of nitrogens with zero attached hydrogens (tertiary/aromatic N) is 1. The van der Waals surface area contributed by atoms with Gasteiger partial charge in [-0.15, -0.1) is 11.3 Å². The Morgan fingerprint density at radius 2 is 2.31 bits per heavy atom. The van der Waals surface area contributed by atoms with E-state index >= 15 is 0 Å². The van der Waals surface area contributed by atoms with Gasteiger partial charge in [-0.25, -0.2) is 0 Å². The van der Waals surface area contributed by atoms with Crippen molar-refractivity contribution in [2.45, 2.75) is 5.75 Å². The molecule has 0 bridgehead atoms. The lowest BCUT2D eigenvalue weighted by molar-refractivity contribution is 0.437. The second kappa shape index (κ2) is 6.06. The predicted molar refractivity (Wildman–Crippen MR) is 66.7 cm³/mol. The first-order chi connectivity index (χ1) is 6.20. The van der Waals surface area contributed by atoms with Gasteiger partial charge in [0, 0.05) is 27.4 Å². The van der Waals surface area contributed by atoms with E-state index in [0.29, 0.717) is 0 Å². The molecule has 0 aromatic carbocycles. The lowest BCUT2D eigenvalue weighted by Crippen LogP contribution is -2.14. The van der Waals surface area contributed by atoms with Gasteiger partial charge in [0.25, 0.3) is 0 Å². The van der Waals surface area contributed by atoms with Gasteiger partial charge >= 0.3 is 0 Å². The van der Waals surface area contributed by atoms with E-state index in [9.17, 15) is 0 Å². The van der Waals surface area contributed by atoms with Gasteiger partial charge in [0.2, 0.25) is 0 Å². The van der Waals surface area contributed by atoms with Crippen LogP contribution in [0.25, 0.3) is 0 Å². The van der Waals surface area contributed by atoms with E-state index in [1.165, 1.54) is 15.1 Å². The Kier molecular flexibility index (Phi) is 5.39. The molecule has 0 N–H and O–H groups in total. The van der Waals surface area contributed by atoms with Crippen LogP contribution in [0.5, 0.6) is 0 Å². The highest BCUT2D eigenvalue weighted by Gasteiger charge is 2.00. The highest BCUT2D eigenvalue weighted by atomic mass is 79.9. The highest BCUT2D eigenvalue weighted by Crippen LogP contribution is 2.26. The van der Waals surface area contributed by atoms with Gasteiger partial charge in [0.1, 0.15) is 0 Å². The first-order valence-electron chi connectivity index (χ1n) is 4.14. The Balaban J connectivity index is 2.17. The van der Waals surface area contributed by atoms with E-state index in [2.05, 4.69) is 46.4 Å². The molecule has 1 aromatic rings. The van der Waals surface area contributed by atoms with Crippen molar-refractivity contribution in [2.75, 3.05) is 26.4 Å². The lowest BCUT2D eigenvalue weighted by Gasteiger charge is -2.07. The smallest absolute Gasteiger partial charge is 0.0322 e. The zero-order chi connectivity index (χ0) is 9.68. The molecule has 0 aliphatic heterocycles. The summed E-state index contributed by atoms with van der Waals surface area (Å²) in [5.74, 6) is 2.34. The Morgan fingerprint density at radius 3 is 2.85 bits per heavy atom. The highest BCUT2D eigenvalue weighted by molar-refractivity contribution is 9.10. The van der Waals surface area contributed by atoms with Gasteiger partial charge < -0.3 is 4.90 Å². The summed E-state index contributed by atoms with van der Waals surface area (Å²) in [7, 11) is 4.23. The first-order valence-corrected chi connectivity index (χ1v) is 6.97. The monoisotopic (exact) mass is 279 g/mol. The van der Waals surface area contributed by atoms with Crippen LogP contribution in [0.4, 0.5) is 0 Å². The van der Waals surface area contributed by atoms with Gasteiger partial charge in [-0.3, -0.25) is 0 Å². The Morgan fingerprint density at radius 1 is 1.54 bits per heavy atom. The molecule has 0 atom stereocenters. The van der Waals surface area contributed by atoms with Crippen LogP contribution in [0.2, 0.25) is 0 Å². The van der Waals surface area contributed by atoms with Crippen molar-refractivity contribution in [3.8, 4) is 0 Å². The normalized spacial score (nSPS) is 11.1. The molecule has 0 unspecified atom stereocenters. The molecule has 1 aromatic heterocycles. The van der Waals surface area contributed by atoms with Gasteiger partial charge in [0.05, 0.1) is 0 Å². The third-order valence-electron chi connectivity index (χ3n) is 1.61. The third-order valence-corrected chi connectivity index (χ3v) is 4.68. The summed E-state index contributed by atoms with van der Waals surface area (Å²) < 4.78 is 1.26. The molecule has 1 nitrogen and oxygen atoms in total. The van der Waals surface area contributed by atoms with Crippen molar-refractivity contribution >= 4 is 39.0 Å². The molecule has 1 heterocycles. The van der Waals surface area contributed by atoms with E-state index in [1.807, 2.05) is 23.1 Å². The van der Waals surface area contributed by atoms with Crippen LogP contribution in [-0.2, 0) is 5.75 Å². The van der Waals surface area contributed by atoms with Crippen molar-refractivity contribution in [3.05, 3.63) is 20.8 Å². The molecule has 0 saturated carbocycles. The lowest BCUT2D eigenvalue weighted by atomic mass is 10.5. The quantitative estimate of drug-likeness (QED) is 0.761. The molecule has 13 heavy (non-hydrogen) atoms. The molecule has 4 heteroatoms. The minimum absolute atomic E-state index is 1.13. The fraction of sp³-hybridized carbons (Fsp3) is 0.556. The van der Waals surface area contributed by atoms with Crippen LogP contribution in [0.3, 0.4) is 0 Å². The summed E-state index contributed by atoms with van der Waals surface area (Å²) in [6.07, 6.45) is 0. The average molecular weight is 280 g/mol. The summed E-state index contributed by atoms with van der Waals surface area (Å²) in [6.45, 7) is 1.16. The zero-order valence-electron chi connectivity index (χ0n) is 7.92. The van der Waals surface area contributed by atoms with Crippen molar-refractivity contribution < 1.29 is 0 Å². The number of hydrogen-bond donors (Lipinski definition) is 0. The molecule has 1 rings (SSSR count). The van der Waals surface area contributed by atoms with E-state index in [-0.39, 0.29) is 0 Å². The fourth-order valence-corrected chi connectivity index (χ4v) is 3.80. The second-order valence-corrected chi connectivity index (χ2v) is 6.01. The van der Waals surface area contributed by atoms with Crippen LogP contribution >= 0.6 is 39.0 Å². The van der Waals surface area contributed by atoms with E-state index in [4.69, 9.17) is 0 Å². The number of thiophene rings is 1. The van der Waals surface area contributed by atoms with Gasteiger partial charge in [0.15, 0.2) is 0 Å². The van der Waals surface area contributed by atoms with Crippen molar-refractivity contribution in [1.82, 2.24) is 4.90 Å². The van der Waals surface area contributed by atoms with Gasteiger partial charge in [-0.2, -0.15) is 11.8 Å². The Bertz CT molecular complexity index is 248. The van der Waals surface area contributed by atoms with E-state index < -0.39 is 0 Å². The molecule has 0 amide bonds. The summed E-state index contributed by atoms with van der Waals surface area (Å²) in [5, 5.41) is 2.13. The number of halogens is 1. The average Bonchev–Trinajstić information content (AvgIpc) is 2.45. The summed E-state index contributed by atoms with van der Waals surface area (Å²) in [6, 6.07) is 2.12. The maximum absolute atomic E-state index is 3.53. The minimum Gasteiger partial charge on any atom is -0.309 e. The molecule has 0 spiro atoms. The standard InChI is InChI=1S/C9H14BrNS2/c1-11(2)4-6-12-7-9-8(10)3-5-13-9/h3,5H,4,6-7H2,1-2H3. The van der Waals surface area contributed by atoms with Crippen LogP contribution in [0.1, 0.15) is 4.88 Å². The van der Waals surface area contributed by atoms with Crippen molar-refractivity contribution in [1.29, 1.82) is 0 Å². The predicted octanol–water partition coefficient (Wildman–Crippen LogP) is 3.31. The minimum atomic E-state index is 1.13. The SMILES string of the molecule is CN(C)CCSCc1sccc1Br. The molecule has 0 aliphatic rings. The third kappa shape index (κ3) is 4.49. The van der Waals surface area contributed by atoms with E-state index in [1.54, 1.807) is 0 Å². The van der Waals surface area contributed by atoms with Crippen molar-refractivity contribution in [3.63, 3.8) is 0 Å². The van der Waals surface area contributed by atoms with Crippen LogP contribution in [0, 0.1) is 0 Å².